The van der Waals surface area contributed by atoms with E-state index in [0.717, 1.165) is 10.0 Å². The quantitative estimate of drug-likeness (QED) is 0.879. The maximum absolute atomic E-state index is 12.4. The number of ether oxygens (including phenoxy) is 1. The molecule has 1 unspecified atom stereocenters. The monoisotopic (exact) mass is 341 g/mol. The molecule has 1 atom stereocenters. The van der Waals surface area contributed by atoms with Crippen molar-refractivity contribution in [2.24, 2.45) is 0 Å². The predicted molar refractivity (Wildman–Crippen MR) is 76.8 cm³/mol. The zero-order valence-corrected chi connectivity index (χ0v) is 12.7. The summed E-state index contributed by atoms with van der Waals surface area (Å²) in [6, 6.07) is 5.36. The SMILES string of the molecule is Cc1c(Br)cccc1C(=O)NC1(CC(=O)O)CCOC1. The maximum Gasteiger partial charge on any atom is 0.305 e. The normalized spacial score (nSPS) is 21.7. The number of rotatable bonds is 4. The zero-order chi connectivity index (χ0) is 14.8. The second-order valence-electron chi connectivity index (χ2n) is 5.02. The molecule has 1 fully saturated rings. The molecule has 0 saturated carbocycles. The highest BCUT2D eigenvalue weighted by atomic mass is 79.9. The van der Waals surface area contributed by atoms with Crippen molar-refractivity contribution in [3.8, 4) is 0 Å². The van der Waals surface area contributed by atoms with Crippen molar-refractivity contribution in [2.75, 3.05) is 13.2 Å². The molecule has 0 spiro atoms. The predicted octanol–water partition coefficient (Wildman–Crippen LogP) is 2.12. The third kappa shape index (κ3) is 3.19. The van der Waals surface area contributed by atoms with E-state index >= 15 is 0 Å². The molecule has 108 valence electrons. The summed E-state index contributed by atoms with van der Waals surface area (Å²) in [5.41, 5.74) is 0.558. The van der Waals surface area contributed by atoms with Crippen LogP contribution in [-0.4, -0.2) is 35.7 Å². The van der Waals surface area contributed by atoms with Gasteiger partial charge in [0.25, 0.3) is 5.91 Å². The van der Waals surface area contributed by atoms with Crippen LogP contribution in [0.4, 0.5) is 0 Å². The minimum Gasteiger partial charge on any atom is -0.481 e. The Labute approximate surface area is 125 Å². The molecular formula is C14H16BrNO4. The number of halogens is 1. The van der Waals surface area contributed by atoms with E-state index < -0.39 is 11.5 Å². The summed E-state index contributed by atoms with van der Waals surface area (Å²) in [4.78, 5) is 23.4. The van der Waals surface area contributed by atoms with Gasteiger partial charge in [0.05, 0.1) is 18.6 Å². The van der Waals surface area contributed by atoms with Gasteiger partial charge < -0.3 is 15.2 Å². The van der Waals surface area contributed by atoms with E-state index in [4.69, 9.17) is 9.84 Å². The molecule has 1 aliphatic heterocycles. The van der Waals surface area contributed by atoms with E-state index in [1.54, 1.807) is 12.1 Å². The highest BCUT2D eigenvalue weighted by Crippen LogP contribution is 2.25. The molecule has 6 heteroatoms. The van der Waals surface area contributed by atoms with Crippen molar-refractivity contribution in [3.05, 3.63) is 33.8 Å². The Kier molecular flexibility index (Phi) is 4.45. The molecule has 1 amide bonds. The molecule has 2 rings (SSSR count). The molecule has 0 aromatic heterocycles. The maximum atomic E-state index is 12.4. The number of hydrogen-bond acceptors (Lipinski definition) is 3. The van der Waals surface area contributed by atoms with Gasteiger partial charge in [0.15, 0.2) is 0 Å². The number of aliphatic carboxylic acids is 1. The van der Waals surface area contributed by atoms with Gasteiger partial charge in [-0.2, -0.15) is 0 Å². The van der Waals surface area contributed by atoms with Gasteiger partial charge in [-0.3, -0.25) is 9.59 Å². The fraction of sp³-hybridized carbons (Fsp3) is 0.429. The third-order valence-electron chi connectivity index (χ3n) is 3.48. The third-order valence-corrected chi connectivity index (χ3v) is 4.34. The molecule has 2 N–H and O–H groups in total. The van der Waals surface area contributed by atoms with E-state index in [1.807, 2.05) is 13.0 Å². The van der Waals surface area contributed by atoms with Crippen molar-refractivity contribution < 1.29 is 19.4 Å². The van der Waals surface area contributed by atoms with Gasteiger partial charge in [0, 0.05) is 16.6 Å². The lowest BCUT2D eigenvalue weighted by Gasteiger charge is -2.27. The summed E-state index contributed by atoms with van der Waals surface area (Å²) >= 11 is 3.38. The lowest BCUT2D eigenvalue weighted by Crippen LogP contribution is -2.50. The fourth-order valence-corrected chi connectivity index (χ4v) is 2.71. The topological polar surface area (TPSA) is 75.6 Å². The first-order valence-corrected chi connectivity index (χ1v) is 7.10. The van der Waals surface area contributed by atoms with E-state index in [0.29, 0.717) is 18.6 Å². The first kappa shape index (κ1) is 15.0. The van der Waals surface area contributed by atoms with Gasteiger partial charge in [-0.05, 0) is 31.0 Å². The Morgan fingerprint density at radius 3 is 2.85 bits per heavy atom. The highest BCUT2D eigenvalue weighted by molar-refractivity contribution is 9.10. The number of carbonyl (C=O) groups excluding carboxylic acids is 1. The van der Waals surface area contributed by atoms with Gasteiger partial charge in [-0.15, -0.1) is 0 Å². The number of amides is 1. The van der Waals surface area contributed by atoms with Crippen LogP contribution in [0.3, 0.4) is 0 Å². The number of carbonyl (C=O) groups is 2. The molecule has 0 bridgehead atoms. The van der Waals surface area contributed by atoms with Gasteiger partial charge in [-0.25, -0.2) is 0 Å². The number of carboxylic acid groups (broad SMARTS) is 1. The first-order valence-electron chi connectivity index (χ1n) is 6.31. The highest BCUT2D eigenvalue weighted by Gasteiger charge is 2.39. The Balaban J connectivity index is 2.20. The first-order chi connectivity index (χ1) is 9.43. The Hall–Kier alpha value is -1.40. The largest absolute Gasteiger partial charge is 0.481 e. The lowest BCUT2D eigenvalue weighted by molar-refractivity contribution is -0.138. The molecule has 1 aliphatic rings. The van der Waals surface area contributed by atoms with Crippen LogP contribution in [0.25, 0.3) is 0 Å². The summed E-state index contributed by atoms with van der Waals surface area (Å²) < 4.78 is 6.11. The smallest absolute Gasteiger partial charge is 0.305 e. The van der Waals surface area contributed by atoms with Crippen molar-refractivity contribution >= 4 is 27.8 Å². The van der Waals surface area contributed by atoms with E-state index in [9.17, 15) is 9.59 Å². The summed E-state index contributed by atoms with van der Waals surface area (Å²) in [5, 5.41) is 11.8. The average Bonchev–Trinajstić information content (AvgIpc) is 2.79. The number of benzene rings is 1. The van der Waals surface area contributed by atoms with Crippen molar-refractivity contribution in [1.29, 1.82) is 0 Å². The summed E-state index contributed by atoms with van der Waals surface area (Å²) in [6.45, 7) is 2.54. The molecular weight excluding hydrogens is 326 g/mol. The van der Waals surface area contributed by atoms with Crippen LogP contribution in [-0.2, 0) is 9.53 Å². The minimum atomic E-state index is -0.943. The van der Waals surface area contributed by atoms with Gasteiger partial charge in [0.1, 0.15) is 0 Å². The van der Waals surface area contributed by atoms with Crippen LogP contribution < -0.4 is 5.32 Å². The van der Waals surface area contributed by atoms with Gasteiger partial charge in [0.2, 0.25) is 0 Å². The average molecular weight is 342 g/mol. The van der Waals surface area contributed by atoms with E-state index in [-0.39, 0.29) is 18.9 Å². The second-order valence-corrected chi connectivity index (χ2v) is 5.87. The number of nitrogens with one attached hydrogen (secondary N) is 1. The van der Waals surface area contributed by atoms with Crippen molar-refractivity contribution in [2.45, 2.75) is 25.3 Å². The van der Waals surface area contributed by atoms with Crippen LogP contribution in [0, 0.1) is 6.92 Å². The van der Waals surface area contributed by atoms with E-state index in [1.165, 1.54) is 0 Å². The molecule has 1 heterocycles. The fourth-order valence-electron chi connectivity index (χ4n) is 2.34. The molecule has 1 aromatic rings. The van der Waals surface area contributed by atoms with Crippen LogP contribution in [0.5, 0.6) is 0 Å². The summed E-state index contributed by atoms with van der Waals surface area (Å²) in [5.74, 6) is -1.21. The molecule has 1 aromatic carbocycles. The van der Waals surface area contributed by atoms with E-state index in [2.05, 4.69) is 21.2 Å². The van der Waals surface area contributed by atoms with Crippen LogP contribution in [0.2, 0.25) is 0 Å². The molecule has 20 heavy (non-hydrogen) atoms. The van der Waals surface area contributed by atoms with Crippen LogP contribution >= 0.6 is 15.9 Å². The van der Waals surface area contributed by atoms with Gasteiger partial charge >= 0.3 is 5.97 Å². The Morgan fingerprint density at radius 2 is 2.25 bits per heavy atom. The van der Waals surface area contributed by atoms with Crippen molar-refractivity contribution in [3.63, 3.8) is 0 Å². The molecule has 0 radical (unpaired) electrons. The summed E-state index contributed by atoms with van der Waals surface area (Å²) in [6.07, 6.45) is 0.379. The Morgan fingerprint density at radius 1 is 1.50 bits per heavy atom. The Bertz CT molecular complexity index is 538. The molecule has 0 aliphatic carbocycles. The van der Waals surface area contributed by atoms with Gasteiger partial charge in [-0.1, -0.05) is 22.0 Å². The zero-order valence-electron chi connectivity index (χ0n) is 11.1. The van der Waals surface area contributed by atoms with Crippen LogP contribution in [0.1, 0.15) is 28.8 Å². The van der Waals surface area contributed by atoms with Crippen LogP contribution in [0.15, 0.2) is 22.7 Å². The molecule has 5 nitrogen and oxygen atoms in total. The number of hydrogen-bond donors (Lipinski definition) is 2. The summed E-state index contributed by atoms with van der Waals surface area (Å²) in [7, 11) is 0. The van der Waals surface area contributed by atoms with Crippen molar-refractivity contribution in [1.82, 2.24) is 5.32 Å². The lowest BCUT2D eigenvalue weighted by atomic mass is 9.93. The standard InChI is InChI=1S/C14H16BrNO4/c1-9-10(3-2-4-11(9)15)13(19)16-14(7-12(17)18)5-6-20-8-14/h2-4H,5-8H2,1H3,(H,16,19)(H,17,18). The second kappa shape index (κ2) is 5.93. The number of carboxylic acids is 1. The minimum absolute atomic E-state index is 0.133. The molecule has 1 saturated heterocycles.